The molecule has 0 radical (unpaired) electrons. The summed E-state index contributed by atoms with van der Waals surface area (Å²) < 4.78 is 33.0. The van der Waals surface area contributed by atoms with Crippen LogP contribution in [0.1, 0.15) is 24.4 Å². The largest absolute Gasteiger partial charge is 0.465 e. The lowest BCUT2D eigenvalue weighted by atomic mass is 9.87. The van der Waals surface area contributed by atoms with Gasteiger partial charge in [0.25, 0.3) is 0 Å². The summed E-state index contributed by atoms with van der Waals surface area (Å²) >= 11 is 0. The van der Waals surface area contributed by atoms with Crippen LogP contribution in [-0.4, -0.2) is 43.8 Å². The fraction of sp³-hybridized carbons (Fsp3) is 0.474. The van der Waals surface area contributed by atoms with Crippen LogP contribution in [0.15, 0.2) is 51.8 Å². The summed E-state index contributed by atoms with van der Waals surface area (Å²) in [6, 6.07) is 12.8. The Bertz CT molecular complexity index is 847. The van der Waals surface area contributed by atoms with Crippen molar-refractivity contribution in [3.05, 3.63) is 54.0 Å². The van der Waals surface area contributed by atoms with Gasteiger partial charge in [-0.05, 0) is 56.0 Å². The second-order valence-electron chi connectivity index (χ2n) is 7.37. The molecular formula is C19H24N2O3S. The Balaban J connectivity index is 1.44. The highest BCUT2D eigenvalue weighted by atomic mass is 32.2. The number of benzene rings is 1. The predicted octanol–water partition coefficient (Wildman–Crippen LogP) is 2.87. The third-order valence-electron chi connectivity index (χ3n) is 5.48. The molecule has 0 aliphatic carbocycles. The molecule has 134 valence electrons. The van der Waals surface area contributed by atoms with Crippen LogP contribution in [0.2, 0.25) is 0 Å². The normalized spacial score (nSPS) is 25.2. The topological polar surface area (TPSA) is 53.8 Å². The van der Waals surface area contributed by atoms with E-state index >= 15 is 0 Å². The van der Waals surface area contributed by atoms with Crippen LogP contribution in [0.4, 0.5) is 0 Å². The minimum Gasteiger partial charge on any atom is -0.465 e. The number of nitrogens with zero attached hydrogens (tertiary/aromatic N) is 2. The van der Waals surface area contributed by atoms with Crippen molar-refractivity contribution in [3.63, 3.8) is 0 Å². The summed E-state index contributed by atoms with van der Waals surface area (Å²) in [5.41, 5.74) is 0.0868. The first-order chi connectivity index (χ1) is 12.0. The van der Waals surface area contributed by atoms with Crippen molar-refractivity contribution < 1.29 is 12.8 Å². The van der Waals surface area contributed by atoms with E-state index in [9.17, 15) is 8.42 Å². The number of aryl methyl sites for hydroxylation is 1. The van der Waals surface area contributed by atoms with E-state index in [2.05, 4.69) is 4.90 Å². The lowest BCUT2D eigenvalue weighted by molar-refractivity contribution is 0.244. The maximum Gasteiger partial charge on any atom is 0.243 e. The zero-order valence-corrected chi connectivity index (χ0v) is 15.3. The molecule has 6 heteroatoms. The molecule has 0 unspecified atom stereocenters. The van der Waals surface area contributed by atoms with Crippen LogP contribution < -0.4 is 0 Å². The quantitative estimate of drug-likeness (QED) is 0.841. The fourth-order valence-electron chi connectivity index (χ4n) is 4.13. The molecule has 2 saturated heterocycles. The predicted molar refractivity (Wildman–Crippen MR) is 95.6 cm³/mol. The molecule has 0 saturated carbocycles. The van der Waals surface area contributed by atoms with Gasteiger partial charge in [0.2, 0.25) is 10.0 Å². The molecule has 1 aromatic carbocycles. The van der Waals surface area contributed by atoms with Crippen LogP contribution in [0.5, 0.6) is 0 Å². The molecule has 2 aliphatic heterocycles. The minimum atomic E-state index is -3.38. The van der Waals surface area contributed by atoms with Gasteiger partial charge in [0.1, 0.15) is 11.5 Å². The number of hydrogen-bond acceptors (Lipinski definition) is 4. The Morgan fingerprint density at radius 1 is 1.04 bits per heavy atom. The molecule has 0 N–H and O–H groups in total. The Morgan fingerprint density at radius 3 is 2.52 bits per heavy atom. The standard InChI is InChI=1S/C19H24N2O3S/c1-16-7-8-17(24-16)13-20-11-9-19(14-20)10-12-21(15-19)25(22,23)18-5-3-2-4-6-18/h2-8H,9-15H2,1H3/t19-/m1/s1. The van der Waals surface area contributed by atoms with E-state index in [0.29, 0.717) is 18.0 Å². The Kier molecular flexibility index (Phi) is 4.22. The molecule has 5 nitrogen and oxygen atoms in total. The van der Waals surface area contributed by atoms with Gasteiger partial charge in [-0.1, -0.05) is 18.2 Å². The number of sulfonamides is 1. The van der Waals surface area contributed by atoms with E-state index in [-0.39, 0.29) is 5.41 Å². The van der Waals surface area contributed by atoms with Crippen LogP contribution >= 0.6 is 0 Å². The molecule has 3 heterocycles. The van der Waals surface area contributed by atoms with Gasteiger partial charge in [-0.25, -0.2) is 8.42 Å². The van der Waals surface area contributed by atoms with Crippen molar-refractivity contribution >= 4 is 10.0 Å². The molecule has 1 spiro atoms. The van der Waals surface area contributed by atoms with Gasteiger partial charge in [0.15, 0.2) is 0 Å². The van der Waals surface area contributed by atoms with Crippen LogP contribution in [0, 0.1) is 12.3 Å². The van der Waals surface area contributed by atoms with E-state index in [1.54, 1.807) is 28.6 Å². The van der Waals surface area contributed by atoms with Crippen molar-refractivity contribution in [3.8, 4) is 0 Å². The first kappa shape index (κ1) is 16.8. The third-order valence-corrected chi connectivity index (χ3v) is 7.34. The molecule has 2 aromatic rings. The zero-order valence-electron chi connectivity index (χ0n) is 14.5. The second-order valence-corrected chi connectivity index (χ2v) is 9.31. The highest BCUT2D eigenvalue weighted by molar-refractivity contribution is 7.89. The molecule has 2 fully saturated rings. The average Bonchev–Trinajstić information content (AvgIpc) is 3.31. The Hall–Kier alpha value is -1.63. The maximum absolute atomic E-state index is 12.8. The van der Waals surface area contributed by atoms with Gasteiger partial charge in [-0.15, -0.1) is 0 Å². The summed E-state index contributed by atoms with van der Waals surface area (Å²) in [6.07, 6.45) is 1.99. The van der Waals surface area contributed by atoms with E-state index in [1.807, 2.05) is 25.1 Å². The molecular weight excluding hydrogens is 336 g/mol. The third kappa shape index (κ3) is 3.26. The molecule has 0 amide bonds. The van der Waals surface area contributed by atoms with Gasteiger partial charge in [0, 0.05) is 19.6 Å². The first-order valence-electron chi connectivity index (χ1n) is 8.80. The molecule has 1 atom stereocenters. The lowest BCUT2D eigenvalue weighted by Gasteiger charge is -2.24. The summed E-state index contributed by atoms with van der Waals surface area (Å²) in [4.78, 5) is 2.78. The summed E-state index contributed by atoms with van der Waals surface area (Å²) in [7, 11) is -3.38. The fourth-order valence-corrected chi connectivity index (χ4v) is 5.70. The highest BCUT2D eigenvalue weighted by Gasteiger charge is 2.46. The lowest BCUT2D eigenvalue weighted by Crippen LogP contribution is -2.34. The molecule has 0 bridgehead atoms. The molecule has 4 rings (SSSR count). The van der Waals surface area contributed by atoms with Crippen LogP contribution in [0.25, 0.3) is 0 Å². The van der Waals surface area contributed by atoms with Gasteiger partial charge in [-0.3, -0.25) is 4.90 Å². The molecule has 25 heavy (non-hydrogen) atoms. The summed E-state index contributed by atoms with van der Waals surface area (Å²) in [6.45, 7) is 5.94. The van der Waals surface area contributed by atoms with Crippen molar-refractivity contribution in [1.29, 1.82) is 0 Å². The van der Waals surface area contributed by atoms with E-state index in [0.717, 1.165) is 44.0 Å². The van der Waals surface area contributed by atoms with E-state index in [4.69, 9.17) is 4.42 Å². The Labute approximate surface area is 149 Å². The van der Waals surface area contributed by atoms with Gasteiger partial charge in [0.05, 0.1) is 11.4 Å². The summed E-state index contributed by atoms with van der Waals surface area (Å²) in [5, 5.41) is 0. The molecule has 1 aromatic heterocycles. The molecule has 2 aliphatic rings. The number of rotatable bonds is 4. The monoisotopic (exact) mass is 360 g/mol. The van der Waals surface area contributed by atoms with E-state index < -0.39 is 10.0 Å². The van der Waals surface area contributed by atoms with Crippen molar-refractivity contribution in [2.75, 3.05) is 26.2 Å². The first-order valence-corrected chi connectivity index (χ1v) is 10.2. The van der Waals surface area contributed by atoms with E-state index in [1.165, 1.54) is 0 Å². The van der Waals surface area contributed by atoms with Crippen molar-refractivity contribution in [2.24, 2.45) is 5.41 Å². The second kappa shape index (κ2) is 6.27. The van der Waals surface area contributed by atoms with Crippen molar-refractivity contribution in [1.82, 2.24) is 9.21 Å². The minimum absolute atomic E-state index is 0.0868. The number of hydrogen-bond donors (Lipinski definition) is 0. The highest BCUT2D eigenvalue weighted by Crippen LogP contribution is 2.41. The van der Waals surface area contributed by atoms with Gasteiger partial charge >= 0.3 is 0 Å². The zero-order chi connectivity index (χ0) is 17.5. The maximum atomic E-state index is 12.8. The van der Waals surface area contributed by atoms with Crippen molar-refractivity contribution in [2.45, 2.75) is 31.2 Å². The van der Waals surface area contributed by atoms with Gasteiger partial charge in [-0.2, -0.15) is 4.31 Å². The smallest absolute Gasteiger partial charge is 0.243 e. The van der Waals surface area contributed by atoms with Crippen LogP contribution in [0.3, 0.4) is 0 Å². The number of furan rings is 1. The SMILES string of the molecule is Cc1ccc(CN2CC[C@@]3(CCN(S(=O)(=O)c4ccccc4)C3)C2)o1. The average molecular weight is 360 g/mol. The van der Waals surface area contributed by atoms with Gasteiger partial charge < -0.3 is 4.42 Å². The summed E-state index contributed by atoms with van der Waals surface area (Å²) in [5.74, 6) is 1.92. The number of likely N-dealkylation sites (tertiary alicyclic amines) is 1. The Morgan fingerprint density at radius 2 is 1.80 bits per heavy atom. The van der Waals surface area contributed by atoms with Crippen LogP contribution in [-0.2, 0) is 16.6 Å².